The summed E-state index contributed by atoms with van der Waals surface area (Å²) in [7, 11) is 0. The van der Waals surface area contributed by atoms with Crippen LogP contribution in [0.2, 0.25) is 0 Å². The fraction of sp³-hybridized carbons (Fsp3) is 0.0526. The summed E-state index contributed by atoms with van der Waals surface area (Å²) >= 11 is 0. The number of hydrogen-bond acceptors (Lipinski definition) is 2. The Labute approximate surface area is 151 Å². The predicted octanol–water partition coefficient (Wildman–Crippen LogP) is 4.88. The Hall–Kier alpha value is -3.42. The molecule has 2 aromatic heterocycles. The smallest absolute Gasteiger partial charge is 0.303 e. The predicted molar refractivity (Wildman–Crippen MR) is 91.1 cm³/mol. The van der Waals surface area contributed by atoms with Crippen LogP contribution in [0.5, 0.6) is 0 Å². The minimum Gasteiger partial charge on any atom is -0.303 e. The molecular formula is C19H12F4N4. The minimum atomic E-state index is -4.40. The van der Waals surface area contributed by atoms with E-state index in [0.29, 0.717) is 22.6 Å². The summed E-state index contributed by atoms with van der Waals surface area (Å²) in [6.45, 7) is 0. The van der Waals surface area contributed by atoms with Crippen LogP contribution in [0.4, 0.5) is 17.6 Å². The van der Waals surface area contributed by atoms with Gasteiger partial charge >= 0.3 is 6.18 Å². The first-order valence-corrected chi connectivity index (χ1v) is 7.93. The molecule has 8 heteroatoms. The Morgan fingerprint density at radius 2 is 1.59 bits per heavy atom. The summed E-state index contributed by atoms with van der Waals surface area (Å²) in [5, 5.41) is 4.49. The van der Waals surface area contributed by atoms with Gasteiger partial charge in [-0.1, -0.05) is 12.1 Å². The molecule has 4 aromatic rings. The summed E-state index contributed by atoms with van der Waals surface area (Å²) in [5.41, 5.74) is 1.53. The van der Waals surface area contributed by atoms with E-state index in [4.69, 9.17) is 0 Å². The van der Waals surface area contributed by atoms with Gasteiger partial charge in [-0.25, -0.2) is 14.1 Å². The van der Waals surface area contributed by atoms with Gasteiger partial charge in [-0.2, -0.15) is 18.3 Å². The van der Waals surface area contributed by atoms with Crippen LogP contribution in [0.15, 0.2) is 73.4 Å². The summed E-state index contributed by atoms with van der Waals surface area (Å²) in [5.74, 6) is -0.372. The van der Waals surface area contributed by atoms with E-state index in [9.17, 15) is 17.6 Å². The Morgan fingerprint density at radius 1 is 0.889 bits per heavy atom. The lowest BCUT2D eigenvalue weighted by molar-refractivity contribution is -0.137. The summed E-state index contributed by atoms with van der Waals surface area (Å²) in [6, 6.07) is 10.5. The highest BCUT2D eigenvalue weighted by atomic mass is 19.4. The molecule has 27 heavy (non-hydrogen) atoms. The second-order valence-corrected chi connectivity index (χ2v) is 5.83. The summed E-state index contributed by atoms with van der Waals surface area (Å²) in [4.78, 5) is 4.00. The number of rotatable bonds is 3. The van der Waals surface area contributed by atoms with Gasteiger partial charge in [0.25, 0.3) is 0 Å². The maximum absolute atomic E-state index is 13.2. The molecule has 0 spiro atoms. The van der Waals surface area contributed by atoms with Crippen LogP contribution < -0.4 is 0 Å². The van der Waals surface area contributed by atoms with Crippen LogP contribution in [0.3, 0.4) is 0 Å². The molecule has 0 N–H and O–H groups in total. The average Bonchev–Trinajstić information content (AvgIpc) is 3.31. The Morgan fingerprint density at radius 3 is 2.19 bits per heavy atom. The van der Waals surface area contributed by atoms with Crippen LogP contribution in [0.25, 0.3) is 22.6 Å². The molecular weight excluding hydrogens is 360 g/mol. The minimum absolute atomic E-state index is 0.372. The first kappa shape index (κ1) is 17.0. The topological polar surface area (TPSA) is 35.6 Å². The fourth-order valence-corrected chi connectivity index (χ4v) is 2.70. The first-order valence-electron chi connectivity index (χ1n) is 7.93. The SMILES string of the molecule is Fc1ccc(-n2cc(-n3ccnc3)c(-c3ccc(C(F)(F)F)cc3)n2)cc1. The monoisotopic (exact) mass is 372 g/mol. The molecule has 0 aliphatic heterocycles. The number of benzene rings is 2. The van der Waals surface area contributed by atoms with Crippen molar-refractivity contribution in [1.29, 1.82) is 0 Å². The van der Waals surface area contributed by atoms with E-state index < -0.39 is 11.7 Å². The highest BCUT2D eigenvalue weighted by Gasteiger charge is 2.30. The normalized spacial score (nSPS) is 11.7. The van der Waals surface area contributed by atoms with E-state index in [1.54, 1.807) is 46.3 Å². The van der Waals surface area contributed by atoms with Crippen LogP contribution in [-0.4, -0.2) is 19.3 Å². The van der Waals surface area contributed by atoms with Gasteiger partial charge in [0.05, 0.1) is 29.5 Å². The van der Waals surface area contributed by atoms with Crippen molar-refractivity contribution in [2.75, 3.05) is 0 Å². The highest BCUT2D eigenvalue weighted by Crippen LogP contribution is 2.32. The van der Waals surface area contributed by atoms with Crippen molar-refractivity contribution in [1.82, 2.24) is 19.3 Å². The van der Waals surface area contributed by atoms with Crippen LogP contribution in [0.1, 0.15) is 5.56 Å². The second-order valence-electron chi connectivity index (χ2n) is 5.83. The van der Waals surface area contributed by atoms with Crippen molar-refractivity contribution in [3.8, 4) is 22.6 Å². The van der Waals surface area contributed by atoms with Crippen LogP contribution >= 0.6 is 0 Å². The number of hydrogen-bond donors (Lipinski definition) is 0. The number of halogens is 4. The third kappa shape index (κ3) is 3.33. The van der Waals surface area contributed by atoms with Crippen molar-refractivity contribution in [2.24, 2.45) is 0 Å². The van der Waals surface area contributed by atoms with Gasteiger partial charge in [0.15, 0.2) is 0 Å². The molecule has 136 valence electrons. The maximum atomic E-state index is 13.2. The number of aromatic nitrogens is 4. The molecule has 0 aliphatic carbocycles. The van der Waals surface area contributed by atoms with Crippen molar-refractivity contribution in [3.63, 3.8) is 0 Å². The first-order chi connectivity index (χ1) is 12.9. The molecule has 0 bridgehead atoms. The van der Waals surface area contributed by atoms with E-state index in [-0.39, 0.29) is 5.82 Å². The molecule has 0 unspecified atom stereocenters. The van der Waals surface area contributed by atoms with Gasteiger partial charge in [-0.3, -0.25) is 0 Å². The standard InChI is InChI=1S/C19H12F4N4/c20-15-5-7-16(8-6-15)27-11-17(26-10-9-24-12-26)18(25-27)13-1-3-14(4-2-13)19(21,22)23/h1-12H. The number of nitrogens with zero attached hydrogens (tertiary/aromatic N) is 4. The summed E-state index contributed by atoms with van der Waals surface area (Å²) in [6.07, 6.45) is 2.17. The van der Waals surface area contributed by atoms with Gasteiger partial charge in [0.2, 0.25) is 0 Å². The zero-order valence-corrected chi connectivity index (χ0v) is 13.7. The van der Waals surface area contributed by atoms with E-state index in [1.807, 2.05) is 0 Å². The Kier molecular flexibility index (Phi) is 4.02. The third-order valence-corrected chi connectivity index (χ3v) is 4.05. The number of alkyl halides is 3. The van der Waals surface area contributed by atoms with Crippen molar-refractivity contribution < 1.29 is 17.6 Å². The van der Waals surface area contributed by atoms with Gasteiger partial charge in [0, 0.05) is 18.0 Å². The van der Waals surface area contributed by atoms with Gasteiger partial charge < -0.3 is 4.57 Å². The molecule has 0 radical (unpaired) electrons. The molecule has 2 aromatic carbocycles. The van der Waals surface area contributed by atoms with Crippen LogP contribution in [0, 0.1) is 5.82 Å². The van der Waals surface area contributed by atoms with Gasteiger partial charge in [0.1, 0.15) is 11.5 Å². The average molecular weight is 372 g/mol. The van der Waals surface area contributed by atoms with Gasteiger partial charge in [-0.15, -0.1) is 0 Å². The van der Waals surface area contributed by atoms with E-state index in [2.05, 4.69) is 10.1 Å². The molecule has 0 aliphatic rings. The molecule has 0 atom stereocenters. The third-order valence-electron chi connectivity index (χ3n) is 4.05. The molecule has 0 amide bonds. The lowest BCUT2D eigenvalue weighted by atomic mass is 10.1. The van der Waals surface area contributed by atoms with E-state index >= 15 is 0 Å². The van der Waals surface area contributed by atoms with Gasteiger partial charge in [-0.05, 0) is 36.4 Å². The van der Waals surface area contributed by atoms with Crippen molar-refractivity contribution >= 4 is 0 Å². The fourth-order valence-electron chi connectivity index (χ4n) is 2.70. The van der Waals surface area contributed by atoms with Crippen molar-refractivity contribution in [2.45, 2.75) is 6.18 Å². The summed E-state index contributed by atoms with van der Waals surface area (Å²) < 4.78 is 54.9. The molecule has 4 nitrogen and oxygen atoms in total. The van der Waals surface area contributed by atoms with E-state index in [1.165, 1.54) is 24.3 Å². The highest BCUT2D eigenvalue weighted by molar-refractivity contribution is 5.69. The zero-order chi connectivity index (χ0) is 19.0. The van der Waals surface area contributed by atoms with Crippen LogP contribution in [-0.2, 0) is 6.18 Å². The Bertz CT molecular complexity index is 1050. The molecule has 2 heterocycles. The largest absolute Gasteiger partial charge is 0.416 e. The Balaban J connectivity index is 1.82. The molecule has 0 saturated heterocycles. The maximum Gasteiger partial charge on any atom is 0.416 e. The molecule has 0 saturated carbocycles. The quantitative estimate of drug-likeness (QED) is 0.481. The molecule has 0 fully saturated rings. The van der Waals surface area contributed by atoms with E-state index in [0.717, 1.165) is 12.1 Å². The zero-order valence-electron chi connectivity index (χ0n) is 13.7. The number of imidazole rings is 1. The lowest BCUT2D eigenvalue weighted by Crippen LogP contribution is -2.04. The lowest BCUT2D eigenvalue weighted by Gasteiger charge is -2.07. The van der Waals surface area contributed by atoms with Crippen molar-refractivity contribution in [3.05, 3.63) is 84.8 Å². The molecule has 4 rings (SSSR count). The second kappa shape index (κ2) is 6.39.